The zero-order valence-electron chi connectivity index (χ0n) is 19.8. The number of rotatable bonds is 7. The van der Waals surface area contributed by atoms with E-state index in [-0.39, 0.29) is 4.90 Å². The van der Waals surface area contributed by atoms with Crippen LogP contribution in [0.1, 0.15) is 0 Å². The van der Waals surface area contributed by atoms with Crippen LogP contribution in [-0.2, 0) is 10.0 Å². The molecule has 7 heteroatoms. The van der Waals surface area contributed by atoms with Gasteiger partial charge in [0.05, 0.1) is 11.6 Å². The van der Waals surface area contributed by atoms with Crippen molar-refractivity contribution in [3.05, 3.63) is 149 Å². The quantitative estimate of drug-likeness (QED) is 0.142. The average Bonchev–Trinajstić information content (AvgIpc) is 2.95. The van der Waals surface area contributed by atoms with Gasteiger partial charge in [0, 0.05) is 21.8 Å². The predicted octanol–water partition coefficient (Wildman–Crippen LogP) is 6.88. The van der Waals surface area contributed by atoms with Crippen molar-refractivity contribution in [2.45, 2.75) is 4.90 Å². The fraction of sp³-hybridized carbons (Fsp3) is 0. The van der Waals surface area contributed by atoms with Crippen LogP contribution in [0.5, 0.6) is 0 Å². The molecular weight excluding hydrogens is 627 g/mol. The maximum atomic E-state index is 14.1. The Bertz CT molecular complexity index is 1550. The molecular formula is C30H24INO2P2S. The van der Waals surface area contributed by atoms with Gasteiger partial charge in [-0.15, -0.1) is 0 Å². The SMILES string of the molecule is O=S(=O)(N=P(c1ccccc1)(c1ccccc1)P(c1ccccc1)c1ccccc1)c1ccc(I)cc1. The molecule has 5 aromatic rings. The molecule has 5 aromatic carbocycles. The number of sulfonamides is 1. The summed E-state index contributed by atoms with van der Waals surface area (Å²) < 4.78 is 34.3. The summed E-state index contributed by atoms with van der Waals surface area (Å²) >= 11 is 2.18. The Hall–Kier alpha value is -2.56. The van der Waals surface area contributed by atoms with Gasteiger partial charge < -0.3 is 0 Å². The summed E-state index contributed by atoms with van der Waals surface area (Å²) in [6.45, 7) is -2.95. The van der Waals surface area contributed by atoms with Gasteiger partial charge in [0.1, 0.15) is 0 Å². The summed E-state index contributed by atoms with van der Waals surface area (Å²) in [5.74, 6) is 0. The Morgan fingerprint density at radius 1 is 0.541 bits per heavy atom. The van der Waals surface area contributed by atoms with E-state index in [1.54, 1.807) is 12.1 Å². The standard InChI is InChI=1S/C30H24INO2P2S/c31-25-21-23-30(24-22-25)37(33,34)32-36(28-17-9-3-10-18-28,29-19-11-4-12-20-29)35(26-13-5-1-6-14-26)27-15-7-2-8-16-27/h1-24H. The third-order valence-corrected chi connectivity index (χ3v) is 18.6. The smallest absolute Gasteiger partial charge is 0.199 e. The van der Waals surface area contributed by atoms with E-state index in [4.69, 9.17) is 4.15 Å². The minimum absolute atomic E-state index is 0.209. The predicted molar refractivity (Wildman–Crippen MR) is 167 cm³/mol. The van der Waals surface area contributed by atoms with Crippen molar-refractivity contribution in [2.24, 2.45) is 4.15 Å². The minimum Gasteiger partial charge on any atom is -0.199 e. The van der Waals surface area contributed by atoms with E-state index in [0.29, 0.717) is 0 Å². The molecule has 0 spiro atoms. The Morgan fingerprint density at radius 2 is 0.919 bits per heavy atom. The molecule has 3 nitrogen and oxygen atoms in total. The van der Waals surface area contributed by atoms with Crippen LogP contribution in [0.25, 0.3) is 0 Å². The molecule has 0 amide bonds. The maximum Gasteiger partial charge on any atom is 0.281 e. The Balaban J connectivity index is 1.96. The van der Waals surface area contributed by atoms with Gasteiger partial charge in [-0.3, -0.25) is 0 Å². The summed E-state index contributed by atoms with van der Waals surface area (Å²) in [5.41, 5.74) is 0. The summed E-state index contributed by atoms with van der Waals surface area (Å²) in [6, 6.07) is 47.4. The molecule has 184 valence electrons. The highest BCUT2D eigenvalue weighted by Crippen LogP contribution is 2.75. The van der Waals surface area contributed by atoms with Crippen molar-refractivity contribution in [3.63, 3.8) is 0 Å². The number of hydrogen-bond donors (Lipinski definition) is 0. The van der Waals surface area contributed by atoms with E-state index in [1.165, 1.54) is 0 Å². The molecule has 0 bridgehead atoms. The van der Waals surface area contributed by atoms with Crippen molar-refractivity contribution in [3.8, 4) is 0 Å². The van der Waals surface area contributed by atoms with Gasteiger partial charge in [-0.05, 0) is 57.5 Å². The van der Waals surface area contributed by atoms with Crippen LogP contribution in [-0.4, -0.2) is 8.42 Å². The fourth-order valence-electron chi connectivity index (χ4n) is 4.21. The van der Waals surface area contributed by atoms with E-state index in [9.17, 15) is 8.42 Å². The van der Waals surface area contributed by atoms with Crippen molar-refractivity contribution >= 4 is 68.2 Å². The number of benzene rings is 5. The maximum absolute atomic E-state index is 14.1. The van der Waals surface area contributed by atoms with Crippen LogP contribution in [0, 0.1) is 3.57 Å². The zero-order chi connectivity index (χ0) is 25.7. The van der Waals surface area contributed by atoms with E-state index in [1.807, 2.05) is 109 Å². The molecule has 0 fully saturated rings. The van der Waals surface area contributed by atoms with Crippen molar-refractivity contribution in [1.82, 2.24) is 0 Å². The Morgan fingerprint density at radius 3 is 1.32 bits per heavy atom. The first-order chi connectivity index (χ1) is 18.0. The normalized spacial score (nSPS) is 11.8. The monoisotopic (exact) mass is 651 g/mol. The molecule has 0 radical (unpaired) electrons. The van der Waals surface area contributed by atoms with Crippen LogP contribution in [0.3, 0.4) is 0 Å². The van der Waals surface area contributed by atoms with E-state index < -0.39 is 24.4 Å². The molecule has 0 N–H and O–H groups in total. The highest BCUT2D eigenvalue weighted by molar-refractivity contribution is 14.1. The molecule has 0 aliphatic rings. The molecule has 0 saturated heterocycles. The van der Waals surface area contributed by atoms with Crippen molar-refractivity contribution < 1.29 is 8.42 Å². The fourth-order valence-corrected chi connectivity index (χ4v) is 18.0. The lowest BCUT2D eigenvalue weighted by molar-refractivity contribution is 0.598. The van der Waals surface area contributed by atoms with Crippen LogP contribution in [0.4, 0.5) is 0 Å². The first-order valence-electron chi connectivity index (χ1n) is 11.7. The van der Waals surface area contributed by atoms with Crippen LogP contribution in [0.2, 0.25) is 0 Å². The van der Waals surface area contributed by atoms with Gasteiger partial charge in [-0.1, -0.05) is 121 Å². The largest absolute Gasteiger partial charge is 0.281 e. The van der Waals surface area contributed by atoms with Crippen LogP contribution < -0.4 is 21.2 Å². The first kappa shape index (κ1) is 26.1. The summed E-state index contributed by atoms with van der Waals surface area (Å²) in [5, 5.41) is 4.06. The van der Waals surface area contributed by atoms with Crippen molar-refractivity contribution in [2.75, 3.05) is 0 Å². The second-order valence-corrected chi connectivity index (χ2v) is 18.4. The zero-order valence-corrected chi connectivity index (χ0v) is 24.6. The number of hydrogen-bond acceptors (Lipinski definition) is 2. The second-order valence-electron chi connectivity index (χ2n) is 8.27. The molecule has 0 unspecified atom stereocenters. The van der Waals surface area contributed by atoms with E-state index in [2.05, 4.69) is 46.9 Å². The highest BCUT2D eigenvalue weighted by atomic mass is 127. The third-order valence-electron chi connectivity index (χ3n) is 5.86. The molecule has 0 aliphatic heterocycles. The molecule has 0 atom stereocenters. The van der Waals surface area contributed by atoms with Crippen LogP contribution >= 0.6 is 36.9 Å². The van der Waals surface area contributed by atoms with Crippen molar-refractivity contribution in [1.29, 1.82) is 0 Å². The minimum atomic E-state index is -4.00. The molecule has 37 heavy (non-hydrogen) atoms. The number of nitrogens with zero attached hydrogens (tertiary/aromatic N) is 1. The first-order valence-corrected chi connectivity index (χ1v) is 18.0. The summed E-state index contributed by atoms with van der Waals surface area (Å²) in [7, 11) is -5.25. The summed E-state index contributed by atoms with van der Waals surface area (Å²) in [6.07, 6.45) is 0. The molecule has 0 saturated carbocycles. The van der Waals surface area contributed by atoms with Gasteiger partial charge in [-0.25, -0.2) is 0 Å². The Kier molecular flexibility index (Phi) is 8.07. The van der Waals surface area contributed by atoms with Crippen LogP contribution in [0.15, 0.2) is 155 Å². The molecule has 5 rings (SSSR count). The molecule has 0 aliphatic carbocycles. The second kappa shape index (κ2) is 11.4. The average molecular weight is 651 g/mol. The van der Waals surface area contributed by atoms with Gasteiger partial charge >= 0.3 is 0 Å². The summed E-state index contributed by atoms with van der Waals surface area (Å²) in [4.78, 5) is 0.209. The van der Waals surface area contributed by atoms with E-state index >= 15 is 0 Å². The third kappa shape index (κ3) is 5.51. The van der Waals surface area contributed by atoms with Gasteiger partial charge in [0.15, 0.2) is 0 Å². The topological polar surface area (TPSA) is 46.5 Å². The van der Waals surface area contributed by atoms with Gasteiger partial charge in [0.25, 0.3) is 10.0 Å². The van der Waals surface area contributed by atoms with Gasteiger partial charge in [0.2, 0.25) is 0 Å². The highest BCUT2D eigenvalue weighted by Gasteiger charge is 2.39. The van der Waals surface area contributed by atoms with Gasteiger partial charge in [-0.2, -0.15) is 12.6 Å². The van der Waals surface area contributed by atoms with E-state index in [0.717, 1.165) is 24.8 Å². The lowest BCUT2D eigenvalue weighted by Crippen LogP contribution is -2.24. The molecule has 0 aromatic heterocycles. The number of halogens is 1. The lowest BCUT2D eigenvalue weighted by atomic mass is 10.4. The molecule has 0 heterocycles. The Labute approximate surface area is 233 Å². The lowest BCUT2D eigenvalue weighted by Gasteiger charge is -2.34.